The second-order valence-corrected chi connectivity index (χ2v) is 8.90. The standard InChI is InChI=1S/C21H18ClF3N6OS/c1-9-10(2)30-31-20-15(9)16-17(33-20)18(28-8-27-16)26-7-12-4-5-13(14(22)6-12)19(32)29-11(3)21(23,24)25/h4-6,8,11H,7H2,1-3H3,(H,29,32)(H,26,27,28). The summed E-state index contributed by atoms with van der Waals surface area (Å²) in [5.74, 6) is -0.282. The Hall–Kier alpha value is -3.05. The maximum Gasteiger partial charge on any atom is 0.408 e. The number of fused-ring (bicyclic) bond motifs is 3. The highest BCUT2D eigenvalue weighted by Crippen LogP contribution is 2.36. The van der Waals surface area contributed by atoms with E-state index in [0.717, 1.165) is 44.2 Å². The first-order valence-electron chi connectivity index (χ1n) is 9.83. The molecule has 4 rings (SSSR count). The Morgan fingerprint density at radius 1 is 1.21 bits per heavy atom. The molecule has 0 bridgehead atoms. The number of hydrogen-bond acceptors (Lipinski definition) is 7. The molecule has 0 aliphatic rings. The lowest BCUT2D eigenvalue weighted by Gasteiger charge is -2.17. The summed E-state index contributed by atoms with van der Waals surface area (Å²) in [5, 5.41) is 14.6. The van der Waals surface area contributed by atoms with Crippen molar-refractivity contribution in [3.05, 3.63) is 51.9 Å². The highest BCUT2D eigenvalue weighted by atomic mass is 35.5. The SMILES string of the molecule is Cc1nnc2sc3c(NCc4ccc(C(=O)NC(C)C(F)(F)F)c(Cl)c4)ncnc3c2c1C. The van der Waals surface area contributed by atoms with Gasteiger partial charge >= 0.3 is 6.18 Å². The number of hydrogen-bond donors (Lipinski definition) is 2. The first-order chi connectivity index (χ1) is 15.6. The number of carbonyl (C=O) groups is 1. The molecule has 0 radical (unpaired) electrons. The number of nitrogens with one attached hydrogen (secondary N) is 2. The average Bonchev–Trinajstić information content (AvgIpc) is 3.14. The van der Waals surface area contributed by atoms with Crippen molar-refractivity contribution in [2.75, 3.05) is 5.32 Å². The van der Waals surface area contributed by atoms with E-state index in [0.29, 0.717) is 12.4 Å². The van der Waals surface area contributed by atoms with Gasteiger partial charge in [0.05, 0.1) is 26.5 Å². The molecular weight excluding hydrogens is 477 g/mol. The van der Waals surface area contributed by atoms with Crippen LogP contribution in [-0.4, -0.2) is 38.3 Å². The van der Waals surface area contributed by atoms with Gasteiger partial charge in [0.1, 0.15) is 23.0 Å². The van der Waals surface area contributed by atoms with Crippen molar-refractivity contribution in [1.82, 2.24) is 25.5 Å². The molecule has 3 aromatic heterocycles. The van der Waals surface area contributed by atoms with Gasteiger partial charge in [0.2, 0.25) is 0 Å². The monoisotopic (exact) mass is 494 g/mol. The van der Waals surface area contributed by atoms with Crippen LogP contribution in [-0.2, 0) is 6.54 Å². The quantitative estimate of drug-likeness (QED) is 0.396. The Morgan fingerprint density at radius 2 is 1.97 bits per heavy atom. The molecule has 0 aliphatic carbocycles. The van der Waals surface area contributed by atoms with Crippen molar-refractivity contribution in [3.63, 3.8) is 0 Å². The summed E-state index contributed by atoms with van der Waals surface area (Å²) in [5.41, 5.74) is 3.32. The van der Waals surface area contributed by atoms with Crippen LogP contribution in [0.1, 0.15) is 34.1 Å². The highest BCUT2D eigenvalue weighted by Gasteiger charge is 2.37. The Kier molecular flexibility index (Phi) is 6.10. The third-order valence-electron chi connectivity index (χ3n) is 5.24. The van der Waals surface area contributed by atoms with Gasteiger partial charge in [0.25, 0.3) is 5.91 Å². The van der Waals surface area contributed by atoms with Crippen LogP contribution in [0.5, 0.6) is 0 Å². The van der Waals surface area contributed by atoms with Gasteiger partial charge in [-0.05, 0) is 44.0 Å². The summed E-state index contributed by atoms with van der Waals surface area (Å²) in [7, 11) is 0. The molecule has 0 spiro atoms. The van der Waals surface area contributed by atoms with Crippen molar-refractivity contribution in [2.45, 2.75) is 39.5 Å². The topological polar surface area (TPSA) is 92.7 Å². The summed E-state index contributed by atoms with van der Waals surface area (Å²) < 4.78 is 38.9. The number of rotatable bonds is 5. The molecule has 3 heterocycles. The zero-order valence-electron chi connectivity index (χ0n) is 17.7. The molecule has 0 fully saturated rings. The average molecular weight is 495 g/mol. The van der Waals surface area contributed by atoms with E-state index < -0.39 is 18.1 Å². The molecule has 1 unspecified atom stereocenters. The fourth-order valence-electron chi connectivity index (χ4n) is 3.20. The van der Waals surface area contributed by atoms with E-state index in [1.807, 2.05) is 19.2 Å². The van der Waals surface area contributed by atoms with Gasteiger partial charge in [-0.15, -0.1) is 16.4 Å². The fourth-order valence-corrected chi connectivity index (χ4v) is 4.59. The summed E-state index contributed by atoms with van der Waals surface area (Å²) in [6, 6.07) is 2.56. The van der Waals surface area contributed by atoms with Crippen LogP contribution in [0.25, 0.3) is 20.4 Å². The normalized spacial score (nSPS) is 12.8. The van der Waals surface area contributed by atoms with E-state index in [2.05, 4.69) is 25.5 Å². The second kappa shape index (κ2) is 8.71. The molecule has 172 valence electrons. The third kappa shape index (κ3) is 4.55. The lowest BCUT2D eigenvalue weighted by Crippen LogP contribution is -2.43. The highest BCUT2D eigenvalue weighted by molar-refractivity contribution is 7.25. The Bertz CT molecular complexity index is 1370. The van der Waals surface area contributed by atoms with Crippen LogP contribution in [0.15, 0.2) is 24.5 Å². The lowest BCUT2D eigenvalue weighted by molar-refractivity contribution is -0.149. The van der Waals surface area contributed by atoms with E-state index in [4.69, 9.17) is 11.6 Å². The number of aryl methyl sites for hydroxylation is 2. The predicted molar refractivity (Wildman–Crippen MR) is 122 cm³/mol. The number of aromatic nitrogens is 4. The van der Waals surface area contributed by atoms with Crippen molar-refractivity contribution in [1.29, 1.82) is 0 Å². The number of nitrogens with zero attached hydrogens (tertiary/aromatic N) is 4. The Morgan fingerprint density at radius 3 is 2.67 bits per heavy atom. The van der Waals surface area contributed by atoms with Gasteiger partial charge in [-0.2, -0.15) is 18.3 Å². The van der Waals surface area contributed by atoms with E-state index >= 15 is 0 Å². The second-order valence-electron chi connectivity index (χ2n) is 7.50. The minimum Gasteiger partial charge on any atom is -0.365 e. The van der Waals surface area contributed by atoms with Crippen LogP contribution >= 0.6 is 22.9 Å². The summed E-state index contributed by atoms with van der Waals surface area (Å²) in [6.07, 6.45) is -3.07. The van der Waals surface area contributed by atoms with Gasteiger partial charge < -0.3 is 10.6 Å². The number of thiophene rings is 1. The molecule has 1 aromatic carbocycles. The van der Waals surface area contributed by atoms with Gasteiger partial charge in [0, 0.05) is 11.9 Å². The third-order valence-corrected chi connectivity index (χ3v) is 6.62. The van der Waals surface area contributed by atoms with Crippen molar-refractivity contribution < 1.29 is 18.0 Å². The van der Waals surface area contributed by atoms with Gasteiger partial charge in [-0.3, -0.25) is 4.79 Å². The van der Waals surface area contributed by atoms with Gasteiger partial charge in [-0.1, -0.05) is 17.7 Å². The van der Waals surface area contributed by atoms with Crippen molar-refractivity contribution in [2.24, 2.45) is 0 Å². The molecule has 1 amide bonds. The maximum atomic E-state index is 12.7. The molecule has 7 nitrogen and oxygen atoms in total. The van der Waals surface area contributed by atoms with Crippen molar-refractivity contribution >= 4 is 55.1 Å². The minimum absolute atomic E-state index is 0.0325. The van der Waals surface area contributed by atoms with E-state index in [9.17, 15) is 18.0 Å². The number of anilines is 1. The molecule has 2 N–H and O–H groups in total. The number of halogens is 4. The van der Waals surface area contributed by atoms with Crippen LogP contribution < -0.4 is 10.6 Å². The number of benzene rings is 1. The molecule has 1 atom stereocenters. The summed E-state index contributed by atoms with van der Waals surface area (Å²) in [4.78, 5) is 21.7. The Balaban J connectivity index is 1.55. The largest absolute Gasteiger partial charge is 0.408 e. The minimum atomic E-state index is -4.54. The van der Waals surface area contributed by atoms with Crippen LogP contribution in [0.2, 0.25) is 5.02 Å². The lowest BCUT2D eigenvalue weighted by atomic mass is 10.1. The zero-order chi connectivity index (χ0) is 23.9. The van der Waals surface area contributed by atoms with Crippen LogP contribution in [0.3, 0.4) is 0 Å². The number of amides is 1. The number of carbonyl (C=O) groups excluding carboxylic acids is 1. The first-order valence-corrected chi connectivity index (χ1v) is 11.0. The molecule has 0 saturated carbocycles. The molecule has 0 saturated heterocycles. The summed E-state index contributed by atoms with van der Waals surface area (Å²) >= 11 is 7.61. The smallest absolute Gasteiger partial charge is 0.365 e. The van der Waals surface area contributed by atoms with Crippen LogP contribution in [0, 0.1) is 13.8 Å². The molecular formula is C21H18ClF3N6OS. The zero-order valence-corrected chi connectivity index (χ0v) is 19.3. The van der Waals surface area contributed by atoms with E-state index in [-0.39, 0.29) is 10.6 Å². The molecule has 0 aliphatic heterocycles. The van der Waals surface area contributed by atoms with Gasteiger partial charge in [0.15, 0.2) is 0 Å². The van der Waals surface area contributed by atoms with Crippen molar-refractivity contribution in [3.8, 4) is 0 Å². The summed E-state index contributed by atoms with van der Waals surface area (Å²) in [6.45, 7) is 5.06. The Labute approximate surface area is 195 Å². The maximum absolute atomic E-state index is 12.7. The van der Waals surface area contributed by atoms with E-state index in [1.165, 1.54) is 29.8 Å². The molecule has 12 heteroatoms. The number of alkyl halides is 3. The predicted octanol–water partition coefficient (Wildman–Crippen LogP) is 5.20. The first kappa shape index (κ1) is 23.1. The molecule has 33 heavy (non-hydrogen) atoms. The van der Waals surface area contributed by atoms with E-state index in [1.54, 1.807) is 6.07 Å². The van der Waals surface area contributed by atoms with Gasteiger partial charge in [-0.25, -0.2) is 9.97 Å². The fraction of sp³-hybridized carbons (Fsp3) is 0.286. The molecule has 4 aromatic rings. The van der Waals surface area contributed by atoms with Crippen LogP contribution in [0.4, 0.5) is 19.0 Å².